The summed E-state index contributed by atoms with van der Waals surface area (Å²) in [5, 5.41) is 10.6. The number of halogens is 1. The summed E-state index contributed by atoms with van der Waals surface area (Å²) in [5.74, 6) is 0. The molecule has 4 heterocycles. The molecule has 0 bridgehead atoms. The topological polar surface area (TPSA) is 0 Å². The van der Waals surface area contributed by atoms with Crippen LogP contribution in [-0.4, -0.2) is 0 Å². The van der Waals surface area contributed by atoms with Crippen LogP contribution in [0, 0.1) is 34.8 Å². The number of rotatable bonds is 2. The van der Waals surface area contributed by atoms with Gasteiger partial charge in [0.2, 0.25) is 0 Å². The molecule has 8 rings (SSSR count). The van der Waals surface area contributed by atoms with Crippen molar-refractivity contribution in [1.29, 1.82) is 0 Å². The maximum absolute atomic E-state index is 2.60. The number of hydrogen-bond donors (Lipinski definition) is 0. The molecule has 0 saturated heterocycles. The number of benzene rings is 4. The summed E-state index contributed by atoms with van der Waals surface area (Å²) in [6.45, 7) is 13.9. The quantitative estimate of drug-likeness (QED) is 0.136. The molecule has 0 N–H and O–H groups in total. The summed E-state index contributed by atoms with van der Waals surface area (Å²) in [6.07, 6.45) is 2.15. The summed E-state index contributed by atoms with van der Waals surface area (Å²) in [4.78, 5) is 4.54. The van der Waals surface area contributed by atoms with Crippen LogP contribution in [0.25, 0.3) is 62.2 Å². The Hall–Kier alpha value is -1.73. The Morgan fingerprint density at radius 1 is 0.583 bits per heavy atom. The molecular formula is C32H26IS3-. The minimum absolute atomic E-state index is 0.150. The fourth-order valence-electron chi connectivity index (χ4n) is 6.31. The molecule has 0 aliphatic carbocycles. The van der Waals surface area contributed by atoms with Crippen molar-refractivity contribution in [3.63, 3.8) is 0 Å². The molecule has 7 aromatic rings. The van der Waals surface area contributed by atoms with E-state index in [-0.39, 0.29) is 21.2 Å². The average molecular weight is 634 g/mol. The predicted molar refractivity (Wildman–Crippen MR) is 159 cm³/mol. The van der Waals surface area contributed by atoms with Gasteiger partial charge in [-0.1, -0.05) is 0 Å². The van der Waals surface area contributed by atoms with Crippen LogP contribution < -0.4 is 21.2 Å². The van der Waals surface area contributed by atoms with Gasteiger partial charge in [-0.15, -0.1) is 0 Å². The summed E-state index contributed by atoms with van der Waals surface area (Å²) < 4.78 is 7.86. The number of hydrogen-bond acceptors (Lipinski definition) is 3. The van der Waals surface area contributed by atoms with Crippen LogP contribution in [0.2, 0.25) is 0 Å². The molecular weight excluding hydrogens is 607 g/mol. The van der Waals surface area contributed by atoms with Crippen molar-refractivity contribution in [3.05, 3.63) is 63.4 Å². The van der Waals surface area contributed by atoms with E-state index < -0.39 is 0 Å². The second-order valence-electron chi connectivity index (χ2n) is 10.3. The summed E-state index contributed by atoms with van der Waals surface area (Å²) in [5.41, 5.74) is 7.61. The zero-order valence-electron chi connectivity index (χ0n) is 21.3. The van der Waals surface area contributed by atoms with Gasteiger partial charge in [0.25, 0.3) is 0 Å². The first-order chi connectivity index (χ1) is 17.4. The molecule has 4 aromatic carbocycles. The Bertz CT molecular complexity index is 2080. The van der Waals surface area contributed by atoms with Gasteiger partial charge in [0.05, 0.1) is 0 Å². The van der Waals surface area contributed by atoms with Crippen molar-refractivity contribution in [1.82, 2.24) is 0 Å². The Balaban J connectivity index is 1.62. The van der Waals surface area contributed by atoms with E-state index in [1.165, 1.54) is 67.5 Å². The predicted octanol–water partition coefficient (Wildman–Crippen LogP) is 7.54. The summed E-state index contributed by atoms with van der Waals surface area (Å²) in [6, 6.07) is 10.3. The van der Waals surface area contributed by atoms with Crippen molar-refractivity contribution in [2.45, 2.75) is 54.4 Å². The monoisotopic (exact) mass is 633 g/mol. The Morgan fingerprint density at radius 3 is 2.00 bits per heavy atom. The van der Waals surface area contributed by atoms with Gasteiger partial charge in [0, 0.05) is 0 Å². The minimum atomic E-state index is -0.150. The van der Waals surface area contributed by atoms with E-state index in [9.17, 15) is 0 Å². The molecule has 0 atom stereocenters. The first-order valence-electron chi connectivity index (χ1n) is 12.8. The Morgan fingerprint density at radius 2 is 1.25 bits per heavy atom. The molecule has 3 aromatic heterocycles. The zero-order chi connectivity index (χ0) is 24.6. The molecule has 0 amide bonds. The number of fused-ring (bicyclic) bond motifs is 8. The molecule has 0 spiro atoms. The zero-order valence-corrected chi connectivity index (χ0v) is 25.9. The third-order valence-electron chi connectivity index (χ3n) is 8.48. The second-order valence-corrected chi connectivity index (χ2v) is 16.4. The fraction of sp³-hybridized carbons (Fsp3) is 0.250. The molecule has 0 fully saturated rings. The Labute approximate surface area is 233 Å². The average Bonchev–Trinajstić information content (AvgIpc) is 3.58. The molecule has 0 saturated carbocycles. The van der Waals surface area contributed by atoms with Crippen molar-refractivity contribution in [2.75, 3.05) is 0 Å². The summed E-state index contributed by atoms with van der Waals surface area (Å²) in [7, 11) is 0. The number of thiophene rings is 3. The van der Waals surface area contributed by atoms with Crippen LogP contribution in [0.4, 0.5) is 0 Å². The normalized spacial score (nSPS) is 13.6. The van der Waals surface area contributed by atoms with Gasteiger partial charge in [-0.2, -0.15) is 0 Å². The molecule has 0 radical (unpaired) electrons. The van der Waals surface area contributed by atoms with Crippen LogP contribution in [0.15, 0.2) is 24.3 Å². The number of aryl methyl sites for hydroxylation is 5. The van der Waals surface area contributed by atoms with Gasteiger partial charge >= 0.3 is 235 Å². The van der Waals surface area contributed by atoms with E-state index >= 15 is 0 Å². The third kappa shape index (κ3) is 2.60. The van der Waals surface area contributed by atoms with Crippen molar-refractivity contribution in [3.8, 4) is 10.4 Å². The molecule has 1 aliphatic heterocycles. The molecule has 36 heavy (non-hydrogen) atoms. The molecule has 1 aliphatic rings. The van der Waals surface area contributed by atoms with E-state index in [0.29, 0.717) is 0 Å². The van der Waals surface area contributed by atoms with Crippen LogP contribution in [-0.2, 0) is 12.8 Å². The standard InChI is InChI=1S/C32H26IS3/c1-7-17-9-21-25-19(11-23-28(21)33-27-13(3)15(5)34-31(23)27)18(8-2)10-22-26(25)20(17)12-24-30(22)36-29-14(4)16(6)35-32(24)29/h9-12H,7-8H2,1-6H3/q-1. The van der Waals surface area contributed by atoms with E-state index in [4.69, 9.17) is 0 Å². The first kappa shape index (κ1) is 22.3. The third-order valence-corrected chi connectivity index (χ3v) is 16.4. The van der Waals surface area contributed by atoms with Crippen molar-refractivity contribution >= 4 is 85.8 Å². The van der Waals surface area contributed by atoms with Crippen molar-refractivity contribution < 1.29 is 21.2 Å². The van der Waals surface area contributed by atoms with Gasteiger partial charge < -0.3 is 0 Å². The van der Waals surface area contributed by atoms with E-state index in [2.05, 4.69) is 65.8 Å². The first-order valence-corrected chi connectivity index (χ1v) is 17.4. The molecule has 180 valence electrons. The molecule has 0 unspecified atom stereocenters. The van der Waals surface area contributed by atoms with Gasteiger partial charge in [-0.25, -0.2) is 0 Å². The molecule has 4 heteroatoms. The van der Waals surface area contributed by atoms with E-state index in [0.717, 1.165) is 12.8 Å². The molecule has 0 nitrogen and oxygen atoms in total. The van der Waals surface area contributed by atoms with Gasteiger partial charge in [0.15, 0.2) is 0 Å². The van der Waals surface area contributed by atoms with Gasteiger partial charge in [0.1, 0.15) is 0 Å². The van der Waals surface area contributed by atoms with Gasteiger partial charge in [-0.3, -0.25) is 0 Å². The van der Waals surface area contributed by atoms with E-state index in [1.807, 2.05) is 34.0 Å². The van der Waals surface area contributed by atoms with Crippen molar-refractivity contribution in [2.24, 2.45) is 0 Å². The summed E-state index contributed by atoms with van der Waals surface area (Å²) >= 11 is 5.90. The van der Waals surface area contributed by atoms with Crippen LogP contribution in [0.3, 0.4) is 0 Å². The van der Waals surface area contributed by atoms with E-state index in [1.54, 1.807) is 33.9 Å². The van der Waals surface area contributed by atoms with Crippen LogP contribution in [0.1, 0.15) is 45.9 Å². The van der Waals surface area contributed by atoms with Crippen LogP contribution >= 0.6 is 34.0 Å². The van der Waals surface area contributed by atoms with Crippen LogP contribution in [0.5, 0.6) is 0 Å². The fourth-order valence-corrected chi connectivity index (χ4v) is 14.4. The Kier molecular flexibility index (Phi) is 4.60. The SMILES string of the molecule is CCc1cc2c3sc4c(C)c(C)sc4c3cc3c(CC)cc4c5c(cc1c4c32)-c1sc(C)c(C)c1[I-]5. The second kappa shape index (κ2) is 7.43. The maximum atomic E-state index is 2.60. The van der Waals surface area contributed by atoms with Gasteiger partial charge in [-0.05, 0) is 0 Å².